The van der Waals surface area contributed by atoms with Crippen LogP contribution in [-0.2, 0) is 11.4 Å². The normalized spacial score (nSPS) is 19.4. The summed E-state index contributed by atoms with van der Waals surface area (Å²) in [4.78, 5) is 20.5. The smallest absolute Gasteiger partial charge is 0.263 e. The van der Waals surface area contributed by atoms with Crippen LogP contribution >= 0.6 is 23.2 Å². The van der Waals surface area contributed by atoms with Crippen molar-refractivity contribution >= 4 is 40.4 Å². The maximum absolute atomic E-state index is 13.5. The van der Waals surface area contributed by atoms with Gasteiger partial charge in [0.05, 0.1) is 21.3 Å². The van der Waals surface area contributed by atoms with Crippen LogP contribution in [0.5, 0.6) is 5.75 Å². The Morgan fingerprint density at radius 2 is 1.79 bits per heavy atom. The van der Waals surface area contributed by atoms with Crippen LogP contribution in [0.1, 0.15) is 56.6 Å². The summed E-state index contributed by atoms with van der Waals surface area (Å²) in [6, 6.07) is 13.0. The predicted molar refractivity (Wildman–Crippen MR) is 154 cm³/mol. The van der Waals surface area contributed by atoms with Gasteiger partial charge in [-0.3, -0.25) is 9.36 Å². The standard InChI is InChI=1S/C28H32Cl2N4O3S/c1-17-25(31-18(2)34(26(17)35)21-11-8-10-20(29)23(21)30)33-15-13-28(14-16-33)24(32-38(36)27(3,4)5)19-9-6-7-12-22(19)37-28/h6-12,24,32H,13-16H2,1-5H3/t24-,38?/m1/s1. The first-order chi connectivity index (χ1) is 17.9. The molecule has 1 N–H and O–H groups in total. The summed E-state index contributed by atoms with van der Waals surface area (Å²) in [5, 5.41) is 0.698. The van der Waals surface area contributed by atoms with Crippen molar-refractivity contribution in [3.05, 3.63) is 79.8 Å². The molecule has 2 aliphatic rings. The van der Waals surface area contributed by atoms with Gasteiger partial charge in [0.1, 0.15) is 33.8 Å². The van der Waals surface area contributed by atoms with E-state index < -0.39 is 21.7 Å². The Morgan fingerprint density at radius 3 is 2.47 bits per heavy atom. The lowest BCUT2D eigenvalue weighted by Gasteiger charge is -2.43. The summed E-state index contributed by atoms with van der Waals surface area (Å²) in [7, 11) is 0. The van der Waals surface area contributed by atoms with E-state index in [4.69, 9.17) is 32.9 Å². The summed E-state index contributed by atoms with van der Waals surface area (Å²) in [6.45, 7) is 10.8. The molecule has 1 unspecified atom stereocenters. The van der Waals surface area contributed by atoms with Gasteiger partial charge in [0, 0.05) is 42.9 Å². The SMILES string of the molecule is Cc1c(N2CCC3(CC2)Oc2ccccc2[C@H]3N[S+]([O-])C(C)(C)C)nc(C)n(-c2cccc(Cl)c2Cl)c1=O. The molecule has 0 amide bonds. The minimum Gasteiger partial charge on any atom is -0.598 e. The zero-order valence-corrected chi connectivity index (χ0v) is 24.5. The van der Waals surface area contributed by atoms with E-state index in [0.717, 1.165) is 11.3 Å². The quantitative estimate of drug-likeness (QED) is 0.403. The van der Waals surface area contributed by atoms with Crippen molar-refractivity contribution < 1.29 is 9.29 Å². The van der Waals surface area contributed by atoms with Crippen molar-refractivity contribution in [2.75, 3.05) is 18.0 Å². The molecule has 3 aromatic rings. The third kappa shape index (κ3) is 4.71. The second-order valence-corrected chi connectivity index (χ2v) is 13.7. The molecule has 2 aliphatic heterocycles. The zero-order valence-electron chi connectivity index (χ0n) is 22.2. The van der Waals surface area contributed by atoms with Gasteiger partial charge in [0.15, 0.2) is 0 Å². The number of aromatic nitrogens is 2. The highest BCUT2D eigenvalue weighted by Gasteiger charge is 2.53. The number of hydrogen-bond donors (Lipinski definition) is 1. The Labute approximate surface area is 236 Å². The largest absolute Gasteiger partial charge is 0.598 e. The van der Waals surface area contributed by atoms with Crippen LogP contribution in [0.3, 0.4) is 0 Å². The van der Waals surface area contributed by atoms with Gasteiger partial charge in [-0.15, -0.1) is 4.72 Å². The fourth-order valence-corrected chi connectivity index (χ4v) is 6.56. The first-order valence-electron chi connectivity index (χ1n) is 12.7. The van der Waals surface area contributed by atoms with Crippen LogP contribution in [0.25, 0.3) is 5.69 Å². The number of halogens is 2. The average molecular weight is 576 g/mol. The zero-order chi connectivity index (χ0) is 27.4. The third-order valence-corrected chi connectivity index (χ3v) is 9.75. The molecule has 1 aromatic heterocycles. The highest BCUT2D eigenvalue weighted by Crippen LogP contribution is 2.49. The van der Waals surface area contributed by atoms with Crippen molar-refractivity contribution in [3.63, 3.8) is 0 Å². The van der Waals surface area contributed by atoms with Crippen molar-refractivity contribution in [1.29, 1.82) is 0 Å². The predicted octanol–water partition coefficient (Wildman–Crippen LogP) is 5.68. The number of fused-ring (bicyclic) bond motifs is 1. The molecule has 0 bridgehead atoms. The number of anilines is 1. The van der Waals surface area contributed by atoms with Gasteiger partial charge in [-0.05, 0) is 52.8 Å². The van der Waals surface area contributed by atoms with Crippen molar-refractivity contribution in [1.82, 2.24) is 14.3 Å². The number of rotatable bonds is 4. The minimum atomic E-state index is -1.26. The molecular weight excluding hydrogens is 543 g/mol. The van der Waals surface area contributed by atoms with E-state index in [2.05, 4.69) is 9.62 Å². The molecule has 0 radical (unpaired) electrons. The van der Waals surface area contributed by atoms with Gasteiger partial charge in [-0.25, -0.2) is 4.98 Å². The van der Waals surface area contributed by atoms with Crippen molar-refractivity contribution in [2.45, 2.75) is 63.9 Å². The molecule has 2 aromatic carbocycles. The van der Waals surface area contributed by atoms with Crippen molar-refractivity contribution in [3.8, 4) is 11.4 Å². The molecule has 38 heavy (non-hydrogen) atoms. The summed E-state index contributed by atoms with van der Waals surface area (Å²) in [5.74, 6) is 2.02. The number of nitrogens with zero attached hydrogens (tertiary/aromatic N) is 3. The van der Waals surface area contributed by atoms with Crippen molar-refractivity contribution in [2.24, 2.45) is 0 Å². The van der Waals surface area contributed by atoms with Crippen LogP contribution in [0.15, 0.2) is 47.3 Å². The molecule has 1 fully saturated rings. The summed E-state index contributed by atoms with van der Waals surface area (Å²) in [5.41, 5.74) is 1.38. The molecule has 3 heterocycles. The fraction of sp³-hybridized carbons (Fsp3) is 0.429. The molecule has 202 valence electrons. The Hall–Kier alpha value is -2.23. The van der Waals surface area contributed by atoms with E-state index in [0.29, 0.717) is 58.9 Å². The number of piperidine rings is 1. The lowest BCUT2D eigenvalue weighted by Crippen LogP contribution is -2.55. The molecule has 1 saturated heterocycles. The number of aryl methyl sites for hydroxylation is 1. The van der Waals surface area contributed by atoms with Gasteiger partial charge in [-0.2, -0.15) is 0 Å². The number of nitrogens with one attached hydrogen (secondary N) is 1. The van der Waals surface area contributed by atoms with E-state index in [1.807, 2.05) is 45.0 Å². The first kappa shape index (κ1) is 27.3. The van der Waals surface area contributed by atoms with Gasteiger partial charge in [0.2, 0.25) is 0 Å². The summed E-state index contributed by atoms with van der Waals surface area (Å²) >= 11 is 11.4. The Bertz CT molecular complexity index is 1430. The lowest BCUT2D eigenvalue weighted by atomic mass is 9.83. The molecule has 2 atom stereocenters. The van der Waals surface area contributed by atoms with E-state index in [-0.39, 0.29) is 11.6 Å². The number of ether oxygens (including phenoxy) is 1. The summed E-state index contributed by atoms with van der Waals surface area (Å²) in [6.07, 6.45) is 1.37. The van der Waals surface area contributed by atoms with Crippen LogP contribution in [0.2, 0.25) is 10.0 Å². The van der Waals surface area contributed by atoms with Gasteiger partial charge < -0.3 is 14.2 Å². The van der Waals surface area contributed by atoms with E-state index in [9.17, 15) is 9.35 Å². The first-order valence-corrected chi connectivity index (χ1v) is 14.6. The van der Waals surface area contributed by atoms with Gasteiger partial charge in [0.25, 0.3) is 5.56 Å². The van der Waals surface area contributed by atoms with Crippen LogP contribution < -0.4 is 19.9 Å². The van der Waals surface area contributed by atoms with Gasteiger partial charge >= 0.3 is 0 Å². The second kappa shape index (κ2) is 10.1. The maximum atomic E-state index is 13.5. The molecule has 7 nitrogen and oxygen atoms in total. The Balaban J connectivity index is 1.43. The highest BCUT2D eigenvalue weighted by molar-refractivity contribution is 7.90. The molecular formula is C28H32Cl2N4O3S. The monoisotopic (exact) mass is 574 g/mol. The lowest BCUT2D eigenvalue weighted by molar-refractivity contribution is 0.0379. The number of para-hydroxylation sites is 1. The number of benzene rings is 2. The van der Waals surface area contributed by atoms with Gasteiger partial charge in [-0.1, -0.05) is 47.5 Å². The second-order valence-electron chi connectivity index (χ2n) is 10.9. The maximum Gasteiger partial charge on any atom is 0.263 e. The highest BCUT2D eigenvalue weighted by atomic mass is 35.5. The minimum absolute atomic E-state index is 0.179. The van der Waals surface area contributed by atoms with Crippen LogP contribution in [0.4, 0.5) is 5.82 Å². The van der Waals surface area contributed by atoms with Crippen LogP contribution in [0, 0.1) is 13.8 Å². The van der Waals surface area contributed by atoms with E-state index >= 15 is 0 Å². The average Bonchev–Trinajstić information content (AvgIpc) is 3.16. The molecule has 10 heteroatoms. The molecule has 5 rings (SSSR count). The van der Waals surface area contributed by atoms with E-state index in [1.165, 1.54) is 4.57 Å². The summed E-state index contributed by atoms with van der Waals surface area (Å²) < 4.78 is 24.2. The number of hydrogen-bond acceptors (Lipinski definition) is 6. The third-order valence-electron chi connectivity index (χ3n) is 7.38. The topological polar surface area (TPSA) is 82.4 Å². The van der Waals surface area contributed by atoms with E-state index in [1.54, 1.807) is 32.0 Å². The Morgan fingerprint density at radius 1 is 1.11 bits per heavy atom. The molecule has 0 aliphatic carbocycles. The van der Waals surface area contributed by atoms with Crippen LogP contribution in [-0.4, -0.2) is 37.5 Å². The Kier molecular flexibility index (Phi) is 7.24. The fourth-order valence-electron chi connectivity index (χ4n) is 5.27. The molecule has 1 spiro atoms. The molecule has 0 saturated carbocycles.